The molecule has 0 unspecified atom stereocenters. The van der Waals surface area contributed by atoms with Gasteiger partial charge in [0.2, 0.25) is 5.91 Å². The van der Waals surface area contributed by atoms with Gasteiger partial charge >= 0.3 is 0 Å². The molecule has 0 aliphatic heterocycles. The Morgan fingerprint density at radius 2 is 2.33 bits per heavy atom. The molecule has 0 radical (unpaired) electrons. The Morgan fingerprint density at radius 3 is 3.00 bits per heavy atom. The van der Waals surface area contributed by atoms with Crippen LogP contribution in [0.15, 0.2) is 24.4 Å². The molecule has 1 aromatic heterocycles. The average molecular weight is 242 g/mol. The highest BCUT2D eigenvalue weighted by Gasteiger charge is 2.07. The first kappa shape index (κ1) is 12.1. The minimum absolute atomic E-state index is 0.136. The van der Waals surface area contributed by atoms with Gasteiger partial charge in [0.15, 0.2) is 0 Å². The number of nitriles is 1. The number of fused-ring (bicyclic) bond motifs is 1. The summed E-state index contributed by atoms with van der Waals surface area (Å²) in [6.45, 7) is 4.13. The van der Waals surface area contributed by atoms with Crippen LogP contribution in [0.3, 0.4) is 0 Å². The summed E-state index contributed by atoms with van der Waals surface area (Å²) in [4.78, 5) is 11.3. The maximum absolute atomic E-state index is 11.3. The van der Waals surface area contributed by atoms with E-state index in [0.29, 0.717) is 11.7 Å². The third-order valence-corrected chi connectivity index (χ3v) is 2.61. The molecule has 0 aliphatic carbocycles. The van der Waals surface area contributed by atoms with Crippen LogP contribution in [0.4, 0.5) is 5.69 Å². The first-order chi connectivity index (χ1) is 8.61. The molecular formula is C13H14N4O. The first-order valence-electron chi connectivity index (χ1n) is 5.76. The number of hydrogen-bond donors (Lipinski definition) is 1. The molecule has 0 bridgehead atoms. The second-order valence-corrected chi connectivity index (χ2v) is 4.34. The van der Waals surface area contributed by atoms with Gasteiger partial charge in [0, 0.05) is 17.1 Å². The van der Waals surface area contributed by atoms with Gasteiger partial charge in [0.05, 0.1) is 17.8 Å². The number of benzene rings is 1. The molecule has 1 amide bonds. The largest absolute Gasteiger partial charge is 0.325 e. The summed E-state index contributed by atoms with van der Waals surface area (Å²) in [7, 11) is 0. The highest BCUT2D eigenvalue weighted by molar-refractivity contribution is 5.94. The summed E-state index contributed by atoms with van der Waals surface area (Å²) < 4.78 is 1.93. The van der Waals surface area contributed by atoms with Crippen LogP contribution in [0.2, 0.25) is 0 Å². The van der Waals surface area contributed by atoms with Crippen LogP contribution in [0.5, 0.6) is 0 Å². The number of hydrogen-bond acceptors (Lipinski definition) is 3. The first-order valence-corrected chi connectivity index (χ1v) is 5.76. The van der Waals surface area contributed by atoms with E-state index < -0.39 is 0 Å². The number of aromatic nitrogens is 2. The maximum Gasteiger partial charge on any atom is 0.238 e. The lowest BCUT2D eigenvalue weighted by molar-refractivity contribution is -0.115. The lowest BCUT2D eigenvalue weighted by Gasteiger charge is -2.07. The molecule has 5 heteroatoms. The molecular weight excluding hydrogens is 228 g/mol. The van der Waals surface area contributed by atoms with Crippen LogP contribution in [0.25, 0.3) is 10.9 Å². The summed E-state index contributed by atoms with van der Waals surface area (Å²) in [6, 6.07) is 7.70. The third kappa shape index (κ3) is 2.33. The standard InChI is InChI=1S/C13H14N4O/c1-9(2)17-12-4-3-11(7-10(12)8-15-17)16-13(18)5-6-14/h3-4,7-9H,5H2,1-2H3,(H,16,18). The van der Waals surface area contributed by atoms with Crippen molar-refractivity contribution in [1.29, 1.82) is 5.26 Å². The van der Waals surface area contributed by atoms with Gasteiger partial charge in [-0.15, -0.1) is 0 Å². The third-order valence-electron chi connectivity index (χ3n) is 2.61. The SMILES string of the molecule is CC(C)n1ncc2cc(NC(=O)CC#N)ccc21. The second-order valence-electron chi connectivity index (χ2n) is 4.34. The van der Waals surface area contributed by atoms with E-state index in [1.54, 1.807) is 6.20 Å². The van der Waals surface area contributed by atoms with E-state index in [9.17, 15) is 4.79 Å². The molecule has 1 heterocycles. The van der Waals surface area contributed by atoms with Crippen molar-refractivity contribution in [3.8, 4) is 6.07 Å². The number of nitrogens with zero attached hydrogens (tertiary/aromatic N) is 3. The van der Waals surface area contributed by atoms with Crippen LogP contribution in [0.1, 0.15) is 26.3 Å². The smallest absolute Gasteiger partial charge is 0.238 e. The van der Waals surface area contributed by atoms with Gasteiger partial charge in [-0.2, -0.15) is 10.4 Å². The molecule has 1 N–H and O–H groups in total. The van der Waals surface area contributed by atoms with E-state index in [0.717, 1.165) is 10.9 Å². The highest BCUT2D eigenvalue weighted by atomic mass is 16.1. The van der Waals surface area contributed by atoms with Gasteiger partial charge in [0.25, 0.3) is 0 Å². The second kappa shape index (κ2) is 4.88. The minimum atomic E-state index is -0.298. The molecule has 0 spiro atoms. The van der Waals surface area contributed by atoms with Crippen molar-refractivity contribution in [2.45, 2.75) is 26.3 Å². The van der Waals surface area contributed by atoms with E-state index in [1.165, 1.54) is 0 Å². The Hall–Kier alpha value is -2.35. The van der Waals surface area contributed by atoms with Crippen molar-refractivity contribution in [2.24, 2.45) is 0 Å². The van der Waals surface area contributed by atoms with Crippen molar-refractivity contribution < 1.29 is 4.79 Å². The van der Waals surface area contributed by atoms with Gasteiger partial charge in [-0.05, 0) is 32.0 Å². The Kier molecular flexibility index (Phi) is 3.28. The van der Waals surface area contributed by atoms with Crippen LogP contribution in [-0.4, -0.2) is 15.7 Å². The maximum atomic E-state index is 11.3. The quantitative estimate of drug-likeness (QED) is 0.898. The number of carbonyl (C=O) groups excluding carboxylic acids is 1. The normalized spacial score (nSPS) is 10.6. The number of amides is 1. The predicted molar refractivity (Wildman–Crippen MR) is 69.0 cm³/mol. The number of anilines is 1. The molecule has 2 rings (SSSR count). The van der Waals surface area contributed by atoms with Crippen molar-refractivity contribution in [1.82, 2.24) is 9.78 Å². The molecule has 18 heavy (non-hydrogen) atoms. The Bertz CT molecular complexity index is 621. The average Bonchev–Trinajstić information content (AvgIpc) is 2.72. The fourth-order valence-corrected chi connectivity index (χ4v) is 1.82. The summed E-state index contributed by atoms with van der Waals surface area (Å²) in [6.07, 6.45) is 1.64. The van der Waals surface area contributed by atoms with Gasteiger partial charge in [0.1, 0.15) is 6.42 Å². The Labute approximate surface area is 105 Å². The molecule has 0 aliphatic rings. The zero-order valence-corrected chi connectivity index (χ0v) is 10.3. The molecule has 5 nitrogen and oxygen atoms in total. The lowest BCUT2D eigenvalue weighted by Crippen LogP contribution is -2.09. The Balaban J connectivity index is 2.29. The summed E-state index contributed by atoms with van der Waals surface area (Å²) in [5, 5.41) is 16.4. The van der Waals surface area contributed by atoms with Crippen LogP contribution in [0, 0.1) is 11.3 Å². The monoisotopic (exact) mass is 242 g/mol. The van der Waals surface area contributed by atoms with Crippen molar-refractivity contribution in [3.05, 3.63) is 24.4 Å². The number of carbonyl (C=O) groups is 1. The van der Waals surface area contributed by atoms with Crippen LogP contribution in [-0.2, 0) is 4.79 Å². The van der Waals surface area contributed by atoms with Crippen molar-refractivity contribution >= 4 is 22.5 Å². The zero-order chi connectivity index (χ0) is 13.1. The fourth-order valence-electron chi connectivity index (χ4n) is 1.82. The number of nitrogens with one attached hydrogen (secondary N) is 1. The fraction of sp³-hybridized carbons (Fsp3) is 0.308. The van der Waals surface area contributed by atoms with Gasteiger partial charge in [-0.3, -0.25) is 9.48 Å². The minimum Gasteiger partial charge on any atom is -0.325 e. The molecule has 0 saturated carbocycles. The van der Waals surface area contributed by atoms with Crippen molar-refractivity contribution in [3.63, 3.8) is 0 Å². The van der Waals surface area contributed by atoms with Crippen molar-refractivity contribution in [2.75, 3.05) is 5.32 Å². The molecule has 2 aromatic rings. The zero-order valence-electron chi connectivity index (χ0n) is 10.3. The summed E-state index contributed by atoms with van der Waals surface area (Å²) in [5.41, 5.74) is 1.72. The summed E-state index contributed by atoms with van der Waals surface area (Å²) >= 11 is 0. The molecule has 92 valence electrons. The van der Waals surface area contributed by atoms with Gasteiger partial charge < -0.3 is 5.32 Å². The summed E-state index contributed by atoms with van der Waals surface area (Å²) in [5.74, 6) is -0.298. The molecule has 0 atom stereocenters. The van der Waals surface area contributed by atoms with Gasteiger partial charge in [-0.1, -0.05) is 0 Å². The molecule has 1 aromatic carbocycles. The Morgan fingerprint density at radius 1 is 1.56 bits per heavy atom. The highest BCUT2D eigenvalue weighted by Crippen LogP contribution is 2.21. The topological polar surface area (TPSA) is 70.7 Å². The number of rotatable bonds is 3. The van der Waals surface area contributed by atoms with E-state index in [1.807, 2.05) is 29.0 Å². The molecule has 0 saturated heterocycles. The van der Waals surface area contributed by atoms with Crippen LogP contribution < -0.4 is 5.32 Å². The van der Waals surface area contributed by atoms with E-state index in [4.69, 9.17) is 5.26 Å². The predicted octanol–water partition coefficient (Wildman–Crippen LogP) is 2.47. The molecule has 0 fully saturated rings. The lowest BCUT2D eigenvalue weighted by atomic mass is 10.2. The van der Waals surface area contributed by atoms with Gasteiger partial charge in [-0.25, -0.2) is 0 Å². The van der Waals surface area contributed by atoms with E-state index in [2.05, 4.69) is 24.3 Å². The van der Waals surface area contributed by atoms with E-state index >= 15 is 0 Å². The van der Waals surface area contributed by atoms with Crippen LogP contribution >= 0.6 is 0 Å². The van der Waals surface area contributed by atoms with E-state index in [-0.39, 0.29) is 12.3 Å².